The Kier molecular flexibility index (Phi) is 3.68. The van der Waals surface area contributed by atoms with Crippen LogP contribution in [0.5, 0.6) is 0 Å². The van der Waals surface area contributed by atoms with E-state index in [1.54, 1.807) is 0 Å². The lowest BCUT2D eigenvalue weighted by molar-refractivity contribution is -0.118. The number of halogens is 2. The zero-order valence-corrected chi connectivity index (χ0v) is 9.30. The number of anilines is 1. The second kappa shape index (κ2) is 5.23. The minimum absolute atomic E-state index is 0.359. The molecule has 2 N–H and O–H groups in total. The molecule has 2 rings (SSSR count). The van der Waals surface area contributed by atoms with E-state index in [1.807, 2.05) is 0 Å². The highest BCUT2D eigenvalue weighted by Gasteiger charge is 2.22. The smallest absolute Gasteiger partial charge is 0.241 e. The van der Waals surface area contributed by atoms with E-state index >= 15 is 0 Å². The molecule has 0 spiro atoms. The fourth-order valence-electron chi connectivity index (χ4n) is 1.90. The summed E-state index contributed by atoms with van der Waals surface area (Å²) in [4.78, 5) is 11.8. The molecule has 1 aliphatic heterocycles. The molecular weight excluding hydrogens is 226 g/mol. The number of nitrogens with one attached hydrogen (secondary N) is 2. The van der Waals surface area contributed by atoms with Gasteiger partial charge in [-0.15, -0.1) is 0 Å². The van der Waals surface area contributed by atoms with Crippen molar-refractivity contribution >= 4 is 11.6 Å². The first-order valence-electron chi connectivity index (χ1n) is 5.67. The number of rotatable bonds is 2. The summed E-state index contributed by atoms with van der Waals surface area (Å²) in [6.07, 6.45) is 2.67. The number of carbonyl (C=O) groups is 1. The minimum atomic E-state index is -0.755. The maximum absolute atomic E-state index is 13.3. The average molecular weight is 240 g/mol. The normalized spacial score (nSPS) is 20.0. The molecule has 92 valence electrons. The van der Waals surface area contributed by atoms with E-state index in [4.69, 9.17) is 0 Å². The van der Waals surface area contributed by atoms with E-state index in [0.717, 1.165) is 31.5 Å². The zero-order chi connectivity index (χ0) is 12.3. The van der Waals surface area contributed by atoms with Crippen LogP contribution in [0.3, 0.4) is 0 Å². The fourth-order valence-corrected chi connectivity index (χ4v) is 1.90. The second-order valence-electron chi connectivity index (χ2n) is 4.09. The summed E-state index contributed by atoms with van der Waals surface area (Å²) in [6.45, 7) is 0.762. The highest BCUT2D eigenvalue weighted by molar-refractivity contribution is 5.95. The van der Waals surface area contributed by atoms with Crippen LogP contribution < -0.4 is 10.6 Å². The Balaban J connectivity index is 2.07. The minimum Gasteiger partial charge on any atom is -0.320 e. The van der Waals surface area contributed by atoms with Gasteiger partial charge in [0, 0.05) is 0 Å². The molecule has 1 aromatic carbocycles. The molecule has 1 aromatic rings. The van der Waals surface area contributed by atoms with Crippen molar-refractivity contribution in [2.45, 2.75) is 25.3 Å². The summed E-state index contributed by atoms with van der Waals surface area (Å²) in [5, 5.41) is 5.32. The van der Waals surface area contributed by atoms with Gasteiger partial charge in [-0.2, -0.15) is 0 Å². The predicted molar refractivity (Wildman–Crippen MR) is 60.6 cm³/mol. The Morgan fingerprint density at radius 1 is 1.29 bits per heavy atom. The van der Waals surface area contributed by atoms with Gasteiger partial charge in [0.15, 0.2) is 0 Å². The summed E-state index contributed by atoms with van der Waals surface area (Å²) in [5.74, 6) is -1.89. The Morgan fingerprint density at radius 3 is 2.59 bits per heavy atom. The number of benzene rings is 1. The van der Waals surface area contributed by atoms with Crippen LogP contribution in [0.2, 0.25) is 0 Å². The van der Waals surface area contributed by atoms with Crippen molar-refractivity contribution in [3.63, 3.8) is 0 Å². The number of hydrogen-bond donors (Lipinski definition) is 2. The van der Waals surface area contributed by atoms with Gasteiger partial charge in [0.05, 0.1) is 6.04 Å². The molecule has 0 aromatic heterocycles. The highest BCUT2D eigenvalue weighted by Crippen LogP contribution is 2.19. The van der Waals surface area contributed by atoms with E-state index in [9.17, 15) is 13.6 Å². The summed E-state index contributed by atoms with van der Waals surface area (Å²) in [7, 11) is 0. The zero-order valence-electron chi connectivity index (χ0n) is 9.30. The number of para-hydroxylation sites is 1. The molecule has 0 unspecified atom stereocenters. The SMILES string of the molecule is O=C(Nc1c(F)cccc1F)[C@@H]1CCCCN1. The van der Waals surface area contributed by atoms with Gasteiger partial charge in [-0.25, -0.2) is 8.78 Å². The van der Waals surface area contributed by atoms with E-state index in [-0.39, 0.29) is 17.6 Å². The summed E-state index contributed by atoms with van der Waals surface area (Å²) < 4.78 is 26.6. The summed E-state index contributed by atoms with van der Waals surface area (Å²) in [6, 6.07) is 3.14. The van der Waals surface area contributed by atoms with E-state index in [1.165, 1.54) is 6.07 Å². The first kappa shape index (κ1) is 12.0. The van der Waals surface area contributed by atoms with Crippen LogP contribution in [0.1, 0.15) is 19.3 Å². The molecule has 1 amide bonds. The van der Waals surface area contributed by atoms with Crippen LogP contribution in [0.4, 0.5) is 14.5 Å². The van der Waals surface area contributed by atoms with Crippen LogP contribution in [0, 0.1) is 11.6 Å². The molecular formula is C12H14F2N2O. The summed E-state index contributed by atoms with van der Waals surface area (Å²) in [5.41, 5.74) is -0.370. The van der Waals surface area contributed by atoms with Crippen LogP contribution >= 0.6 is 0 Å². The van der Waals surface area contributed by atoms with Gasteiger partial charge >= 0.3 is 0 Å². The Bertz CT molecular complexity index is 397. The lowest BCUT2D eigenvalue weighted by Gasteiger charge is -2.22. The molecule has 17 heavy (non-hydrogen) atoms. The molecule has 1 aliphatic rings. The number of piperidine rings is 1. The maximum atomic E-state index is 13.3. The van der Waals surface area contributed by atoms with Gasteiger partial charge in [0.25, 0.3) is 0 Å². The predicted octanol–water partition coefficient (Wildman–Crippen LogP) is 2.05. The van der Waals surface area contributed by atoms with Crippen molar-refractivity contribution in [1.29, 1.82) is 0 Å². The van der Waals surface area contributed by atoms with Gasteiger partial charge in [0.2, 0.25) is 5.91 Å². The fraction of sp³-hybridized carbons (Fsp3) is 0.417. The number of carbonyl (C=O) groups excluding carboxylic acids is 1. The van der Waals surface area contributed by atoms with Crippen LogP contribution in [0.25, 0.3) is 0 Å². The molecule has 0 bridgehead atoms. The van der Waals surface area contributed by atoms with Gasteiger partial charge in [-0.3, -0.25) is 4.79 Å². The van der Waals surface area contributed by atoms with E-state index in [2.05, 4.69) is 10.6 Å². The molecule has 0 radical (unpaired) electrons. The Morgan fingerprint density at radius 2 is 2.00 bits per heavy atom. The topological polar surface area (TPSA) is 41.1 Å². The molecule has 1 atom stereocenters. The first-order chi connectivity index (χ1) is 8.18. The molecule has 5 heteroatoms. The quantitative estimate of drug-likeness (QED) is 0.830. The van der Waals surface area contributed by atoms with Crippen molar-refractivity contribution in [3.8, 4) is 0 Å². The molecule has 0 saturated carbocycles. The standard InChI is InChI=1S/C12H14F2N2O/c13-8-4-3-5-9(14)11(8)16-12(17)10-6-1-2-7-15-10/h3-5,10,15H,1-2,6-7H2,(H,16,17)/t10-/m0/s1. The average Bonchev–Trinajstić information content (AvgIpc) is 2.35. The Hall–Kier alpha value is -1.49. The third-order valence-corrected chi connectivity index (χ3v) is 2.84. The first-order valence-corrected chi connectivity index (χ1v) is 5.67. The van der Waals surface area contributed by atoms with Crippen molar-refractivity contribution in [1.82, 2.24) is 5.32 Å². The Labute approximate surface area is 98.2 Å². The third kappa shape index (κ3) is 2.79. The highest BCUT2D eigenvalue weighted by atomic mass is 19.1. The molecule has 0 aliphatic carbocycles. The van der Waals surface area contributed by atoms with Crippen molar-refractivity contribution in [3.05, 3.63) is 29.8 Å². The van der Waals surface area contributed by atoms with Crippen molar-refractivity contribution in [2.75, 3.05) is 11.9 Å². The molecule has 3 nitrogen and oxygen atoms in total. The largest absolute Gasteiger partial charge is 0.320 e. The lowest BCUT2D eigenvalue weighted by atomic mass is 10.0. The number of hydrogen-bond acceptors (Lipinski definition) is 2. The van der Waals surface area contributed by atoms with E-state index in [0.29, 0.717) is 6.42 Å². The van der Waals surface area contributed by atoms with Gasteiger partial charge in [0.1, 0.15) is 17.3 Å². The van der Waals surface area contributed by atoms with Crippen molar-refractivity contribution < 1.29 is 13.6 Å². The lowest BCUT2D eigenvalue weighted by Crippen LogP contribution is -2.43. The van der Waals surface area contributed by atoms with Gasteiger partial charge in [-0.1, -0.05) is 12.5 Å². The van der Waals surface area contributed by atoms with E-state index < -0.39 is 11.6 Å². The van der Waals surface area contributed by atoms with Crippen LogP contribution in [-0.4, -0.2) is 18.5 Å². The van der Waals surface area contributed by atoms with Gasteiger partial charge < -0.3 is 10.6 Å². The van der Waals surface area contributed by atoms with Crippen molar-refractivity contribution in [2.24, 2.45) is 0 Å². The third-order valence-electron chi connectivity index (χ3n) is 2.84. The second-order valence-corrected chi connectivity index (χ2v) is 4.09. The van der Waals surface area contributed by atoms with Gasteiger partial charge in [-0.05, 0) is 31.5 Å². The van der Waals surface area contributed by atoms with Crippen LogP contribution in [0.15, 0.2) is 18.2 Å². The molecule has 1 heterocycles. The monoisotopic (exact) mass is 240 g/mol. The van der Waals surface area contributed by atoms with Crippen LogP contribution in [-0.2, 0) is 4.79 Å². The summed E-state index contributed by atoms with van der Waals surface area (Å²) >= 11 is 0. The maximum Gasteiger partial charge on any atom is 0.241 e. The molecule has 1 fully saturated rings. The number of amides is 1. The molecule has 1 saturated heterocycles.